The van der Waals surface area contributed by atoms with E-state index < -0.39 is 0 Å². The molecule has 0 bridgehead atoms. The minimum atomic E-state index is 0.260. The maximum Gasteiger partial charge on any atom is 0.133 e. The fraction of sp³-hybridized carbons (Fsp3) is 0.238. The number of nitrogen functional groups attached to an aromatic ring is 1. The lowest BCUT2D eigenvalue weighted by Gasteiger charge is -2.13. The number of ether oxygens (including phenoxy) is 1. The molecule has 0 aliphatic heterocycles. The number of methoxy groups -OCH3 is 1. The molecule has 3 rings (SSSR count). The van der Waals surface area contributed by atoms with Crippen molar-refractivity contribution < 1.29 is 4.74 Å². The molecule has 0 amide bonds. The van der Waals surface area contributed by atoms with Gasteiger partial charge < -0.3 is 15.8 Å². The Morgan fingerprint density at radius 1 is 1.11 bits per heavy atom. The number of para-hydroxylation sites is 1. The molecule has 27 heavy (non-hydrogen) atoms. The average molecular weight is 381 g/mol. The monoisotopic (exact) mass is 380 g/mol. The van der Waals surface area contributed by atoms with Crippen molar-refractivity contribution in [2.24, 2.45) is 0 Å². The predicted octanol–water partition coefficient (Wildman–Crippen LogP) is 4.95. The molecule has 0 spiro atoms. The van der Waals surface area contributed by atoms with E-state index in [1.807, 2.05) is 30.5 Å². The lowest BCUT2D eigenvalue weighted by molar-refractivity contribution is 0.414. The van der Waals surface area contributed by atoms with Crippen molar-refractivity contribution in [2.75, 3.05) is 18.2 Å². The molecule has 0 unspecified atom stereocenters. The first-order chi connectivity index (χ1) is 13.1. The van der Waals surface area contributed by atoms with Gasteiger partial charge in [-0.15, -0.1) is 0 Å². The fourth-order valence-electron chi connectivity index (χ4n) is 2.51. The first-order valence-corrected chi connectivity index (χ1v) is 9.64. The number of anilines is 2. The lowest BCUT2D eigenvalue weighted by atomic mass is 10.2. The van der Waals surface area contributed by atoms with E-state index in [2.05, 4.69) is 53.4 Å². The maximum atomic E-state index is 6.10. The Bertz CT molecular complexity index is 897. The standard InChI is InChI=1S/C21H24N4OS/c1-14(2)21-24-13-15(20(22)25-21)12-23-18-6-4-5-7-19(18)27-17-10-8-16(26-3)9-11-17/h4-11,13-14,23H,12H2,1-3H3,(H2,22,24,25). The molecule has 3 N–H and O–H groups in total. The summed E-state index contributed by atoms with van der Waals surface area (Å²) in [6, 6.07) is 16.2. The quantitative estimate of drug-likeness (QED) is 0.604. The number of nitrogens with two attached hydrogens (primary N) is 1. The first-order valence-electron chi connectivity index (χ1n) is 8.83. The van der Waals surface area contributed by atoms with Gasteiger partial charge in [-0.05, 0) is 36.4 Å². The minimum Gasteiger partial charge on any atom is -0.497 e. The number of aromatic nitrogens is 2. The van der Waals surface area contributed by atoms with Gasteiger partial charge in [-0.1, -0.05) is 37.7 Å². The molecule has 6 heteroatoms. The van der Waals surface area contributed by atoms with E-state index in [4.69, 9.17) is 10.5 Å². The second-order valence-corrected chi connectivity index (χ2v) is 7.54. The van der Waals surface area contributed by atoms with Crippen LogP contribution in [0, 0.1) is 0 Å². The van der Waals surface area contributed by atoms with Crippen LogP contribution < -0.4 is 15.8 Å². The van der Waals surface area contributed by atoms with Crippen molar-refractivity contribution in [1.29, 1.82) is 0 Å². The molecular formula is C21H24N4OS. The van der Waals surface area contributed by atoms with Crippen LogP contribution in [0.15, 0.2) is 64.5 Å². The van der Waals surface area contributed by atoms with Crippen LogP contribution in [0.5, 0.6) is 5.75 Å². The number of hydrogen-bond donors (Lipinski definition) is 2. The molecule has 1 aromatic heterocycles. The van der Waals surface area contributed by atoms with E-state index in [1.165, 1.54) is 0 Å². The van der Waals surface area contributed by atoms with Crippen LogP contribution >= 0.6 is 11.8 Å². The van der Waals surface area contributed by atoms with Crippen molar-refractivity contribution in [2.45, 2.75) is 36.1 Å². The highest BCUT2D eigenvalue weighted by molar-refractivity contribution is 7.99. The average Bonchev–Trinajstić information content (AvgIpc) is 2.68. The summed E-state index contributed by atoms with van der Waals surface area (Å²) in [7, 11) is 1.67. The van der Waals surface area contributed by atoms with Crippen molar-refractivity contribution in [3.8, 4) is 5.75 Å². The van der Waals surface area contributed by atoms with Crippen LogP contribution in [0.3, 0.4) is 0 Å². The van der Waals surface area contributed by atoms with Crippen molar-refractivity contribution >= 4 is 23.3 Å². The van der Waals surface area contributed by atoms with Crippen LogP contribution in [0.1, 0.15) is 31.2 Å². The Morgan fingerprint density at radius 3 is 2.52 bits per heavy atom. The van der Waals surface area contributed by atoms with Gasteiger partial charge in [0.25, 0.3) is 0 Å². The van der Waals surface area contributed by atoms with Gasteiger partial charge in [-0.2, -0.15) is 0 Å². The van der Waals surface area contributed by atoms with Crippen molar-refractivity contribution in [1.82, 2.24) is 9.97 Å². The van der Waals surface area contributed by atoms with Gasteiger partial charge in [0.2, 0.25) is 0 Å². The Kier molecular flexibility index (Phi) is 6.19. The Labute approximate surface area is 164 Å². The largest absolute Gasteiger partial charge is 0.497 e. The predicted molar refractivity (Wildman–Crippen MR) is 111 cm³/mol. The molecule has 0 atom stereocenters. The van der Waals surface area contributed by atoms with Crippen molar-refractivity contribution in [3.63, 3.8) is 0 Å². The van der Waals surface area contributed by atoms with Gasteiger partial charge in [0.1, 0.15) is 17.4 Å². The van der Waals surface area contributed by atoms with Gasteiger partial charge >= 0.3 is 0 Å². The van der Waals surface area contributed by atoms with E-state index in [9.17, 15) is 0 Å². The summed E-state index contributed by atoms with van der Waals surface area (Å²) in [6.07, 6.45) is 1.81. The van der Waals surface area contributed by atoms with E-state index in [-0.39, 0.29) is 5.92 Å². The third-order valence-electron chi connectivity index (χ3n) is 4.08. The van der Waals surface area contributed by atoms with E-state index in [1.54, 1.807) is 18.9 Å². The summed E-state index contributed by atoms with van der Waals surface area (Å²) in [5.41, 5.74) is 8.04. The molecule has 140 valence electrons. The second kappa shape index (κ2) is 8.77. The van der Waals surface area contributed by atoms with Crippen LogP contribution in [0.25, 0.3) is 0 Å². The molecule has 1 heterocycles. The molecule has 0 saturated carbocycles. The summed E-state index contributed by atoms with van der Waals surface area (Å²) >= 11 is 1.70. The smallest absolute Gasteiger partial charge is 0.133 e. The zero-order chi connectivity index (χ0) is 19.2. The van der Waals surface area contributed by atoms with Gasteiger partial charge in [0.05, 0.1) is 7.11 Å². The van der Waals surface area contributed by atoms with Crippen LogP contribution in [-0.4, -0.2) is 17.1 Å². The summed E-state index contributed by atoms with van der Waals surface area (Å²) < 4.78 is 5.22. The summed E-state index contributed by atoms with van der Waals surface area (Å²) in [4.78, 5) is 11.1. The summed E-state index contributed by atoms with van der Waals surface area (Å²) in [5.74, 6) is 2.41. The molecule has 0 aliphatic carbocycles. The Balaban J connectivity index is 1.72. The first kappa shape index (κ1) is 19.0. The van der Waals surface area contributed by atoms with E-state index in [0.29, 0.717) is 12.4 Å². The SMILES string of the molecule is COc1ccc(Sc2ccccc2NCc2cnc(C(C)C)nc2N)cc1. The van der Waals surface area contributed by atoms with E-state index >= 15 is 0 Å². The Hall–Kier alpha value is -2.73. The number of benzene rings is 2. The number of nitrogens with zero attached hydrogens (tertiary/aromatic N) is 2. The Morgan fingerprint density at radius 2 is 1.85 bits per heavy atom. The summed E-state index contributed by atoms with van der Waals surface area (Å²) in [5, 5.41) is 3.46. The molecule has 5 nitrogen and oxygen atoms in total. The molecule has 0 aliphatic rings. The zero-order valence-electron chi connectivity index (χ0n) is 15.8. The molecule has 0 fully saturated rings. The van der Waals surface area contributed by atoms with Gasteiger partial charge in [-0.25, -0.2) is 9.97 Å². The highest BCUT2D eigenvalue weighted by atomic mass is 32.2. The molecule has 2 aromatic carbocycles. The third-order valence-corrected chi connectivity index (χ3v) is 5.16. The van der Waals surface area contributed by atoms with Crippen LogP contribution in [0.2, 0.25) is 0 Å². The van der Waals surface area contributed by atoms with Crippen LogP contribution in [0.4, 0.5) is 11.5 Å². The number of hydrogen-bond acceptors (Lipinski definition) is 6. The minimum absolute atomic E-state index is 0.260. The molecule has 3 aromatic rings. The van der Waals surface area contributed by atoms with E-state index in [0.717, 1.165) is 32.6 Å². The normalized spacial score (nSPS) is 10.8. The highest BCUT2D eigenvalue weighted by Crippen LogP contribution is 2.34. The number of rotatable bonds is 7. The third kappa shape index (κ3) is 4.92. The highest BCUT2D eigenvalue weighted by Gasteiger charge is 2.09. The molecular weight excluding hydrogens is 356 g/mol. The van der Waals surface area contributed by atoms with Gasteiger partial charge in [-0.3, -0.25) is 0 Å². The van der Waals surface area contributed by atoms with Gasteiger partial charge in [0, 0.05) is 39.7 Å². The zero-order valence-corrected chi connectivity index (χ0v) is 16.6. The second-order valence-electron chi connectivity index (χ2n) is 6.42. The maximum absolute atomic E-state index is 6.10. The lowest BCUT2D eigenvalue weighted by Crippen LogP contribution is -2.09. The fourth-order valence-corrected chi connectivity index (χ4v) is 3.43. The number of nitrogens with one attached hydrogen (secondary N) is 1. The van der Waals surface area contributed by atoms with Crippen LogP contribution in [-0.2, 0) is 6.54 Å². The molecule has 0 radical (unpaired) electrons. The topological polar surface area (TPSA) is 73.1 Å². The molecule has 0 saturated heterocycles. The van der Waals surface area contributed by atoms with Gasteiger partial charge in [0.15, 0.2) is 0 Å². The summed E-state index contributed by atoms with van der Waals surface area (Å²) in [6.45, 7) is 4.68. The van der Waals surface area contributed by atoms with Crippen molar-refractivity contribution in [3.05, 3.63) is 66.1 Å².